The van der Waals surface area contributed by atoms with Crippen molar-refractivity contribution in [2.75, 3.05) is 48.5 Å². The van der Waals surface area contributed by atoms with Crippen LogP contribution < -0.4 is 19.4 Å². The molecule has 8 heteroatoms. The minimum Gasteiger partial charge on any atom is -0.495 e. The molecule has 0 radical (unpaired) electrons. The lowest BCUT2D eigenvalue weighted by Gasteiger charge is -2.32. The van der Waals surface area contributed by atoms with Crippen LogP contribution in [0, 0.1) is 0 Å². The molecular weight excluding hydrogens is 490 g/mol. The molecule has 3 aromatic rings. The van der Waals surface area contributed by atoms with Crippen LogP contribution in [0.4, 0.5) is 22.0 Å². The van der Waals surface area contributed by atoms with Crippen molar-refractivity contribution >= 4 is 34.2 Å². The highest BCUT2D eigenvalue weighted by Gasteiger charge is 2.37. The lowest BCUT2D eigenvalue weighted by atomic mass is 10.1. The molecule has 8 nitrogen and oxygen atoms in total. The first kappa shape index (κ1) is 27.0. The van der Waals surface area contributed by atoms with Crippen molar-refractivity contribution in [2.24, 2.45) is 0 Å². The molecule has 5 rings (SSSR count). The van der Waals surface area contributed by atoms with Crippen molar-refractivity contribution < 1.29 is 14.3 Å². The van der Waals surface area contributed by atoms with Crippen molar-refractivity contribution in [1.29, 1.82) is 0 Å². The number of benzene rings is 2. The summed E-state index contributed by atoms with van der Waals surface area (Å²) in [5.74, 6) is 2.99. The number of para-hydroxylation sites is 2. The van der Waals surface area contributed by atoms with E-state index in [-0.39, 0.29) is 12.1 Å². The first-order valence-corrected chi connectivity index (χ1v) is 14.1. The van der Waals surface area contributed by atoms with E-state index in [1.165, 1.54) is 0 Å². The molecule has 208 valence electrons. The van der Waals surface area contributed by atoms with Gasteiger partial charge in [-0.05, 0) is 76.8 Å². The zero-order valence-electron chi connectivity index (χ0n) is 24.1. The van der Waals surface area contributed by atoms with Gasteiger partial charge in [0.1, 0.15) is 23.0 Å². The van der Waals surface area contributed by atoms with Gasteiger partial charge < -0.3 is 19.3 Å². The number of fused-ring (bicyclic) bond motifs is 1. The molecule has 1 amide bonds. The number of ether oxygens (including phenoxy) is 2. The van der Waals surface area contributed by atoms with Crippen molar-refractivity contribution in [3.8, 4) is 5.75 Å². The predicted octanol–water partition coefficient (Wildman–Crippen LogP) is 6.38. The first-order valence-electron chi connectivity index (χ1n) is 14.1. The van der Waals surface area contributed by atoms with Crippen LogP contribution in [0.3, 0.4) is 0 Å². The van der Waals surface area contributed by atoms with Crippen LogP contribution in [0.2, 0.25) is 0 Å². The van der Waals surface area contributed by atoms with Crippen molar-refractivity contribution in [3.05, 3.63) is 48.3 Å². The molecule has 1 saturated carbocycles. The monoisotopic (exact) mass is 531 g/mol. The summed E-state index contributed by atoms with van der Waals surface area (Å²) in [6.45, 7) is 10.3. The second kappa shape index (κ2) is 10.9. The van der Waals surface area contributed by atoms with Gasteiger partial charge in [0.25, 0.3) is 0 Å². The highest BCUT2D eigenvalue weighted by atomic mass is 16.6. The van der Waals surface area contributed by atoms with E-state index in [1.807, 2.05) is 45.0 Å². The summed E-state index contributed by atoms with van der Waals surface area (Å²) < 4.78 is 11.5. The Kier molecular flexibility index (Phi) is 7.56. The largest absolute Gasteiger partial charge is 0.495 e. The summed E-state index contributed by atoms with van der Waals surface area (Å²) in [5.41, 5.74) is 2.25. The Morgan fingerprint density at radius 1 is 1.10 bits per heavy atom. The molecule has 2 aliphatic rings. The van der Waals surface area contributed by atoms with Gasteiger partial charge in [-0.2, -0.15) is 0 Å². The second-order valence-electron chi connectivity index (χ2n) is 11.7. The zero-order valence-corrected chi connectivity index (χ0v) is 24.1. The average molecular weight is 532 g/mol. The van der Waals surface area contributed by atoms with Gasteiger partial charge in [-0.25, -0.2) is 14.8 Å². The minimum atomic E-state index is -0.613. The number of nitrogens with zero attached hydrogens (tertiary/aromatic N) is 5. The molecule has 1 aliphatic carbocycles. The lowest BCUT2D eigenvalue weighted by Crippen LogP contribution is -2.45. The standard InChI is InChI=1S/C31H41N5O3/c1-7-17-34(5)22-14-15-25-24(19-22)29(33-28(32-25)21-12-13-21)35-18-16-23(20-35)36(30(37)39-31(2,3)4)26-10-8-9-11-27(26)38-6/h8-11,14-15,19,21,23H,7,12-13,16-18,20H2,1-6H3/t23-/m1/s1. The summed E-state index contributed by atoms with van der Waals surface area (Å²) in [6, 6.07) is 14.0. The number of methoxy groups -OCH3 is 1. The summed E-state index contributed by atoms with van der Waals surface area (Å²) in [4.78, 5) is 30.0. The van der Waals surface area contributed by atoms with Crippen molar-refractivity contribution in [2.45, 2.75) is 70.9 Å². The topological polar surface area (TPSA) is 71.0 Å². The van der Waals surface area contributed by atoms with Crippen LogP contribution in [0.1, 0.15) is 65.1 Å². The number of carbonyl (C=O) groups is 1. The van der Waals surface area contributed by atoms with Gasteiger partial charge >= 0.3 is 6.09 Å². The van der Waals surface area contributed by atoms with Gasteiger partial charge in [-0.15, -0.1) is 0 Å². The van der Waals surface area contributed by atoms with Gasteiger partial charge in [0, 0.05) is 43.7 Å². The van der Waals surface area contributed by atoms with Gasteiger partial charge in [-0.3, -0.25) is 4.90 Å². The van der Waals surface area contributed by atoms with E-state index in [1.54, 1.807) is 12.0 Å². The third-order valence-corrected chi connectivity index (χ3v) is 7.38. The number of anilines is 3. The quantitative estimate of drug-likeness (QED) is 0.334. The maximum atomic E-state index is 13.6. The molecular formula is C31H41N5O3. The lowest BCUT2D eigenvalue weighted by molar-refractivity contribution is 0.0567. The summed E-state index contributed by atoms with van der Waals surface area (Å²) in [6.07, 6.45) is 3.79. The van der Waals surface area contributed by atoms with E-state index < -0.39 is 5.60 Å². The summed E-state index contributed by atoms with van der Waals surface area (Å²) in [7, 11) is 3.76. The van der Waals surface area contributed by atoms with Crippen molar-refractivity contribution in [3.63, 3.8) is 0 Å². The average Bonchev–Trinajstić information content (AvgIpc) is 3.65. The molecule has 0 unspecified atom stereocenters. The molecule has 0 bridgehead atoms. The maximum absolute atomic E-state index is 13.6. The highest BCUT2D eigenvalue weighted by molar-refractivity contribution is 5.93. The third kappa shape index (κ3) is 5.89. The van der Waals surface area contributed by atoms with Crippen LogP contribution in [0.5, 0.6) is 5.75 Å². The van der Waals surface area contributed by atoms with Crippen molar-refractivity contribution in [1.82, 2.24) is 9.97 Å². The van der Waals surface area contributed by atoms with Gasteiger partial charge in [-0.1, -0.05) is 19.1 Å². The maximum Gasteiger partial charge on any atom is 0.415 e. The molecule has 39 heavy (non-hydrogen) atoms. The van der Waals surface area contributed by atoms with Crippen LogP contribution in [0.25, 0.3) is 10.9 Å². The number of amides is 1. The molecule has 1 saturated heterocycles. The van der Waals surface area contributed by atoms with Crippen LogP contribution in [-0.4, -0.2) is 61.5 Å². The normalized spacial score (nSPS) is 17.4. The Morgan fingerprint density at radius 2 is 1.87 bits per heavy atom. The molecule has 0 spiro atoms. The van der Waals surface area contributed by atoms with Crippen LogP contribution in [-0.2, 0) is 4.74 Å². The molecule has 2 heterocycles. The van der Waals surface area contributed by atoms with E-state index in [0.717, 1.165) is 72.7 Å². The van der Waals surface area contributed by atoms with Gasteiger partial charge in [0.15, 0.2) is 0 Å². The zero-order chi connectivity index (χ0) is 27.7. The Bertz CT molecular complexity index is 1330. The molecule has 1 aromatic heterocycles. The molecule has 2 fully saturated rings. The van der Waals surface area contributed by atoms with Crippen LogP contribution in [0.15, 0.2) is 42.5 Å². The molecule has 1 aliphatic heterocycles. The van der Waals surface area contributed by atoms with E-state index in [9.17, 15) is 4.79 Å². The number of rotatable bonds is 8. The fraction of sp³-hybridized carbons (Fsp3) is 0.516. The SMILES string of the molecule is CCCN(C)c1ccc2nc(C3CC3)nc(N3CC[C@@H](N(C(=O)OC(C)(C)C)c4ccccc4OC)C3)c2c1. The third-order valence-electron chi connectivity index (χ3n) is 7.38. The molecule has 2 aromatic carbocycles. The van der Waals surface area contributed by atoms with E-state index in [4.69, 9.17) is 19.4 Å². The van der Waals surface area contributed by atoms with E-state index in [2.05, 4.69) is 42.0 Å². The number of carbonyl (C=O) groups excluding carboxylic acids is 1. The van der Waals surface area contributed by atoms with Gasteiger partial charge in [0.2, 0.25) is 0 Å². The Balaban J connectivity index is 1.52. The predicted molar refractivity (Wildman–Crippen MR) is 157 cm³/mol. The van der Waals surface area contributed by atoms with Gasteiger partial charge in [0.05, 0.1) is 24.4 Å². The Hall–Kier alpha value is -3.55. The second-order valence-corrected chi connectivity index (χ2v) is 11.7. The minimum absolute atomic E-state index is 0.100. The number of hydrogen-bond acceptors (Lipinski definition) is 7. The fourth-order valence-electron chi connectivity index (χ4n) is 5.31. The van der Waals surface area contributed by atoms with E-state index >= 15 is 0 Å². The molecule has 1 atom stereocenters. The summed E-state index contributed by atoms with van der Waals surface area (Å²) in [5, 5.41) is 1.06. The Labute approximate surface area is 231 Å². The molecule has 0 N–H and O–H groups in total. The highest BCUT2D eigenvalue weighted by Crippen LogP contribution is 2.41. The first-order chi connectivity index (χ1) is 18.7. The Morgan fingerprint density at radius 3 is 2.56 bits per heavy atom. The summed E-state index contributed by atoms with van der Waals surface area (Å²) >= 11 is 0. The fourth-order valence-corrected chi connectivity index (χ4v) is 5.31. The number of hydrogen-bond donors (Lipinski definition) is 0. The number of aromatic nitrogens is 2. The smallest absolute Gasteiger partial charge is 0.415 e. The van der Waals surface area contributed by atoms with E-state index in [0.29, 0.717) is 18.2 Å². The van der Waals surface area contributed by atoms with Crippen LogP contribution >= 0.6 is 0 Å².